The van der Waals surface area contributed by atoms with Crippen LogP contribution in [0.5, 0.6) is 0 Å². The second-order valence-corrected chi connectivity index (χ2v) is 8.32. The summed E-state index contributed by atoms with van der Waals surface area (Å²) in [7, 11) is -3.98. The summed E-state index contributed by atoms with van der Waals surface area (Å²) in [5, 5.41) is 2.77. The van der Waals surface area contributed by atoms with Gasteiger partial charge in [0.25, 0.3) is 15.9 Å². The number of carbonyl (C=O) groups is 1. The number of halogens is 2. The number of sulfonamides is 1. The fourth-order valence-corrected chi connectivity index (χ4v) is 3.17. The van der Waals surface area contributed by atoms with Gasteiger partial charge in [-0.1, -0.05) is 12.1 Å². The zero-order valence-electron chi connectivity index (χ0n) is 15.2. The lowest BCUT2D eigenvalue weighted by molar-refractivity contribution is 0.0915. The molecule has 0 fully saturated rings. The molecule has 0 aliphatic rings. The van der Waals surface area contributed by atoms with E-state index in [0.29, 0.717) is 5.56 Å². The molecular formula is C18H23ClFN3O3S. The highest BCUT2D eigenvalue weighted by Gasteiger charge is 2.20. The molecule has 0 heterocycles. The van der Waals surface area contributed by atoms with Gasteiger partial charge < -0.3 is 11.1 Å². The molecule has 2 aromatic rings. The standard InChI is InChI=1S/C18H22FN3O3S.ClH/c1-12-7-8-15(10-16(12)19)26(24,25)22-14-6-4-5-13(9-14)17(23)21-18(2,3)11-20;/h4-10,22H,11,20H2,1-3H3,(H,21,23);1H. The molecular weight excluding hydrogens is 393 g/mol. The number of nitrogens with two attached hydrogens (primary N) is 1. The van der Waals surface area contributed by atoms with Crippen LogP contribution in [0.15, 0.2) is 47.4 Å². The second-order valence-electron chi connectivity index (χ2n) is 6.64. The molecule has 27 heavy (non-hydrogen) atoms. The molecule has 0 aliphatic heterocycles. The highest BCUT2D eigenvalue weighted by molar-refractivity contribution is 7.92. The number of aryl methyl sites for hydroxylation is 1. The van der Waals surface area contributed by atoms with Gasteiger partial charge in [-0.3, -0.25) is 9.52 Å². The number of hydrogen-bond acceptors (Lipinski definition) is 4. The van der Waals surface area contributed by atoms with E-state index in [9.17, 15) is 17.6 Å². The molecule has 148 valence electrons. The number of amides is 1. The maximum Gasteiger partial charge on any atom is 0.261 e. The lowest BCUT2D eigenvalue weighted by atomic mass is 10.1. The van der Waals surface area contributed by atoms with Crippen molar-refractivity contribution in [1.82, 2.24) is 5.32 Å². The van der Waals surface area contributed by atoms with Crippen molar-refractivity contribution in [2.75, 3.05) is 11.3 Å². The summed E-state index contributed by atoms with van der Waals surface area (Å²) in [5.41, 5.74) is 5.83. The first kappa shape index (κ1) is 22.9. The predicted molar refractivity (Wildman–Crippen MR) is 106 cm³/mol. The van der Waals surface area contributed by atoms with Crippen molar-refractivity contribution in [3.63, 3.8) is 0 Å². The lowest BCUT2D eigenvalue weighted by Crippen LogP contribution is -2.48. The van der Waals surface area contributed by atoms with Gasteiger partial charge in [0.2, 0.25) is 0 Å². The molecule has 0 aromatic heterocycles. The lowest BCUT2D eigenvalue weighted by Gasteiger charge is -2.24. The Morgan fingerprint density at radius 1 is 1.19 bits per heavy atom. The van der Waals surface area contributed by atoms with Gasteiger partial charge in [-0.2, -0.15) is 0 Å². The Labute approximate surface area is 164 Å². The summed E-state index contributed by atoms with van der Waals surface area (Å²) < 4.78 is 40.9. The Kier molecular flexibility index (Phi) is 7.36. The quantitative estimate of drug-likeness (QED) is 0.675. The van der Waals surface area contributed by atoms with Gasteiger partial charge in [0, 0.05) is 23.3 Å². The number of benzene rings is 2. The van der Waals surface area contributed by atoms with Gasteiger partial charge in [-0.05, 0) is 56.7 Å². The average molecular weight is 416 g/mol. The molecule has 1 amide bonds. The summed E-state index contributed by atoms with van der Waals surface area (Å²) >= 11 is 0. The molecule has 0 atom stereocenters. The number of nitrogens with one attached hydrogen (secondary N) is 2. The Morgan fingerprint density at radius 3 is 2.44 bits per heavy atom. The van der Waals surface area contributed by atoms with Gasteiger partial charge >= 0.3 is 0 Å². The number of carbonyl (C=O) groups excluding carboxylic acids is 1. The molecule has 0 saturated carbocycles. The molecule has 0 radical (unpaired) electrons. The minimum Gasteiger partial charge on any atom is -0.346 e. The van der Waals surface area contributed by atoms with E-state index in [4.69, 9.17) is 5.73 Å². The highest BCUT2D eigenvalue weighted by atomic mass is 35.5. The smallest absolute Gasteiger partial charge is 0.261 e. The zero-order chi connectivity index (χ0) is 19.5. The van der Waals surface area contributed by atoms with Crippen LogP contribution >= 0.6 is 12.4 Å². The molecule has 0 saturated heterocycles. The third-order valence-corrected chi connectivity index (χ3v) is 5.17. The molecule has 2 rings (SSSR count). The monoisotopic (exact) mass is 415 g/mol. The van der Waals surface area contributed by atoms with Gasteiger partial charge in [-0.15, -0.1) is 12.4 Å². The Balaban J connectivity index is 0.00000364. The summed E-state index contributed by atoms with van der Waals surface area (Å²) in [4.78, 5) is 12.1. The van der Waals surface area contributed by atoms with Crippen LogP contribution in [0.25, 0.3) is 0 Å². The van der Waals surface area contributed by atoms with E-state index in [1.54, 1.807) is 32.9 Å². The minimum atomic E-state index is -3.98. The van der Waals surface area contributed by atoms with Crippen LogP contribution in [0.4, 0.5) is 10.1 Å². The van der Waals surface area contributed by atoms with E-state index in [1.807, 2.05) is 0 Å². The first-order chi connectivity index (χ1) is 12.0. The van der Waals surface area contributed by atoms with Crippen molar-refractivity contribution in [3.05, 3.63) is 59.4 Å². The molecule has 0 bridgehead atoms. The van der Waals surface area contributed by atoms with Crippen LogP contribution in [0.2, 0.25) is 0 Å². The van der Waals surface area contributed by atoms with Crippen LogP contribution in [0.1, 0.15) is 29.8 Å². The maximum absolute atomic E-state index is 13.7. The van der Waals surface area contributed by atoms with E-state index in [1.165, 1.54) is 24.3 Å². The van der Waals surface area contributed by atoms with E-state index in [-0.39, 0.29) is 41.0 Å². The van der Waals surface area contributed by atoms with Crippen LogP contribution in [0, 0.1) is 12.7 Å². The van der Waals surface area contributed by atoms with Gasteiger partial charge in [0.1, 0.15) is 5.82 Å². The van der Waals surface area contributed by atoms with Crippen LogP contribution < -0.4 is 15.8 Å². The number of hydrogen-bond donors (Lipinski definition) is 3. The third-order valence-electron chi connectivity index (χ3n) is 3.79. The summed E-state index contributed by atoms with van der Waals surface area (Å²) in [5.74, 6) is -0.979. The topological polar surface area (TPSA) is 101 Å². The van der Waals surface area contributed by atoms with Crippen molar-refractivity contribution < 1.29 is 17.6 Å². The molecule has 0 unspecified atom stereocenters. The van der Waals surface area contributed by atoms with Crippen molar-refractivity contribution in [1.29, 1.82) is 0 Å². The molecule has 4 N–H and O–H groups in total. The van der Waals surface area contributed by atoms with Crippen LogP contribution in [-0.2, 0) is 10.0 Å². The first-order valence-electron chi connectivity index (χ1n) is 7.96. The number of rotatable bonds is 6. The normalized spacial score (nSPS) is 11.4. The Hall–Kier alpha value is -2.16. The van der Waals surface area contributed by atoms with E-state index >= 15 is 0 Å². The Bertz CT molecular complexity index is 933. The van der Waals surface area contributed by atoms with Gasteiger partial charge in [-0.25, -0.2) is 12.8 Å². The minimum absolute atomic E-state index is 0. The Morgan fingerprint density at radius 2 is 1.85 bits per heavy atom. The SMILES string of the molecule is Cc1ccc(S(=O)(=O)Nc2cccc(C(=O)NC(C)(C)CN)c2)cc1F.Cl. The summed E-state index contributed by atoms with van der Waals surface area (Å²) in [6.07, 6.45) is 0. The van der Waals surface area contributed by atoms with Crippen LogP contribution in [0.3, 0.4) is 0 Å². The average Bonchev–Trinajstić information content (AvgIpc) is 2.56. The van der Waals surface area contributed by atoms with Gasteiger partial charge in [0.15, 0.2) is 0 Å². The highest BCUT2D eigenvalue weighted by Crippen LogP contribution is 2.19. The van der Waals surface area contributed by atoms with Gasteiger partial charge in [0.05, 0.1) is 4.90 Å². The summed E-state index contributed by atoms with van der Waals surface area (Å²) in [6, 6.07) is 9.70. The summed E-state index contributed by atoms with van der Waals surface area (Å²) in [6.45, 7) is 5.36. The third kappa shape index (κ3) is 5.92. The van der Waals surface area contributed by atoms with Crippen molar-refractivity contribution in [2.45, 2.75) is 31.2 Å². The van der Waals surface area contributed by atoms with Crippen molar-refractivity contribution >= 4 is 34.0 Å². The van der Waals surface area contributed by atoms with E-state index < -0.39 is 21.4 Å². The molecule has 6 nitrogen and oxygen atoms in total. The zero-order valence-corrected chi connectivity index (χ0v) is 16.9. The van der Waals surface area contributed by atoms with E-state index in [0.717, 1.165) is 6.07 Å². The molecule has 9 heteroatoms. The molecule has 0 spiro atoms. The van der Waals surface area contributed by atoms with Crippen molar-refractivity contribution in [2.24, 2.45) is 5.73 Å². The fraction of sp³-hybridized carbons (Fsp3) is 0.278. The largest absolute Gasteiger partial charge is 0.346 e. The first-order valence-corrected chi connectivity index (χ1v) is 9.44. The maximum atomic E-state index is 13.7. The fourth-order valence-electron chi connectivity index (χ4n) is 2.11. The molecule has 2 aromatic carbocycles. The van der Waals surface area contributed by atoms with Crippen molar-refractivity contribution in [3.8, 4) is 0 Å². The van der Waals surface area contributed by atoms with E-state index in [2.05, 4.69) is 10.0 Å². The van der Waals surface area contributed by atoms with Crippen LogP contribution in [-0.4, -0.2) is 26.4 Å². The molecule has 0 aliphatic carbocycles. The second kappa shape index (κ2) is 8.69. The predicted octanol–water partition coefficient (Wildman–Crippen LogP) is 2.82. The number of anilines is 1.